The Hall–Kier alpha value is -2.99. The minimum atomic E-state index is -0.185. The number of nitrogens with one attached hydrogen (secondary N) is 2. The van der Waals surface area contributed by atoms with Crippen LogP contribution in [0.5, 0.6) is 0 Å². The first-order chi connectivity index (χ1) is 15.0. The van der Waals surface area contributed by atoms with E-state index in [1.165, 1.54) is 24.0 Å². The third kappa shape index (κ3) is 5.02. The largest absolute Gasteiger partial charge is 0.348 e. The number of H-pyrrole nitrogens is 1. The number of amides is 1. The highest BCUT2D eigenvalue weighted by atomic mass is 32.1. The second-order valence-corrected chi connectivity index (χ2v) is 8.56. The van der Waals surface area contributed by atoms with Crippen LogP contribution in [0.3, 0.4) is 0 Å². The third-order valence-corrected chi connectivity index (χ3v) is 6.18. The molecule has 0 saturated heterocycles. The summed E-state index contributed by atoms with van der Waals surface area (Å²) in [6.07, 6.45) is 7.86. The Labute approximate surface area is 186 Å². The van der Waals surface area contributed by atoms with Gasteiger partial charge >= 0.3 is 0 Å². The predicted octanol–water partition coefficient (Wildman–Crippen LogP) is 5.19. The van der Waals surface area contributed by atoms with Gasteiger partial charge in [0.15, 0.2) is 4.77 Å². The maximum Gasteiger partial charge on any atom is 0.262 e. The number of rotatable bonds is 6. The highest BCUT2D eigenvalue weighted by Gasteiger charge is 2.11. The van der Waals surface area contributed by atoms with Gasteiger partial charge in [0.05, 0.1) is 10.9 Å². The van der Waals surface area contributed by atoms with E-state index in [1.54, 1.807) is 22.8 Å². The van der Waals surface area contributed by atoms with E-state index in [4.69, 9.17) is 12.2 Å². The fourth-order valence-electron chi connectivity index (χ4n) is 3.98. The summed E-state index contributed by atoms with van der Waals surface area (Å²) < 4.78 is 2.02. The molecule has 5 nitrogen and oxygen atoms in total. The smallest absolute Gasteiger partial charge is 0.262 e. The first-order valence-corrected chi connectivity index (χ1v) is 11.2. The Bertz CT molecular complexity index is 1250. The van der Waals surface area contributed by atoms with Crippen LogP contribution >= 0.6 is 12.2 Å². The zero-order chi connectivity index (χ0) is 21.8. The van der Waals surface area contributed by atoms with Crippen molar-refractivity contribution in [3.63, 3.8) is 0 Å². The van der Waals surface area contributed by atoms with Crippen molar-refractivity contribution in [2.75, 3.05) is 0 Å². The highest BCUT2D eigenvalue weighted by molar-refractivity contribution is 7.71. The quantitative estimate of drug-likeness (QED) is 0.415. The van der Waals surface area contributed by atoms with E-state index >= 15 is 0 Å². The van der Waals surface area contributed by atoms with Crippen LogP contribution in [-0.4, -0.2) is 15.5 Å². The summed E-state index contributed by atoms with van der Waals surface area (Å²) >= 11 is 5.46. The van der Waals surface area contributed by atoms with Crippen LogP contribution < -0.4 is 10.9 Å². The maximum atomic E-state index is 13.0. The molecule has 1 amide bonds. The molecule has 1 aliphatic carbocycles. The summed E-state index contributed by atoms with van der Waals surface area (Å²) in [6.45, 7) is 3.06. The molecule has 0 radical (unpaired) electrons. The van der Waals surface area contributed by atoms with Crippen LogP contribution in [0, 0.1) is 11.7 Å². The lowest BCUT2D eigenvalue weighted by molar-refractivity contribution is 0.0951. The van der Waals surface area contributed by atoms with Crippen LogP contribution in [-0.2, 0) is 13.1 Å². The van der Waals surface area contributed by atoms with E-state index in [0.717, 1.165) is 24.8 Å². The Morgan fingerprint density at radius 1 is 1.16 bits per heavy atom. The SMILES string of the molecule is Cc1ccc(CNC(=O)c2ccc3c(=O)n(CCC4=CCCCC4)c(=S)[nH]c3c2)cc1. The summed E-state index contributed by atoms with van der Waals surface area (Å²) in [4.78, 5) is 28.7. The molecule has 3 aromatic rings. The van der Waals surface area contributed by atoms with E-state index in [1.807, 2.05) is 31.2 Å². The fraction of sp³-hybridized carbons (Fsp3) is 0.320. The highest BCUT2D eigenvalue weighted by Crippen LogP contribution is 2.20. The van der Waals surface area contributed by atoms with Gasteiger partial charge in [-0.1, -0.05) is 41.5 Å². The molecule has 1 heterocycles. The zero-order valence-corrected chi connectivity index (χ0v) is 18.6. The lowest BCUT2D eigenvalue weighted by atomic mass is 9.97. The standard InChI is InChI=1S/C25H27N3O2S/c1-17-7-9-19(10-8-17)16-26-23(29)20-11-12-21-22(15-20)27-25(31)28(24(21)30)14-13-18-5-3-2-4-6-18/h5,7-12,15H,2-4,6,13-14,16H2,1H3,(H,26,29)(H,27,31). The average Bonchev–Trinajstić information content (AvgIpc) is 2.78. The molecule has 0 bridgehead atoms. The Kier molecular flexibility index (Phi) is 6.47. The van der Waals surface area contributed by atoms with Crippen LogP contribution in [0.1, 0.15) is 53.6 Å². The Balaban J connectivity index is 1.51. The molecular formula is C25H27N3O2S. The van der Waals surface area contributed by atoms with Crippen molar-refractivity contribution in [1.29, 1.82) is 0 Å². The molecule has 0 aliphatic heterocycles. The molecule has 1 aliphatic rings. The van der Waals surface area contributed by atoms with Gasteiger partial charge in [0.2, 0.25) is 0 Å². The molecule has 0 spiro atoms. The van der Waals surface area contributed by atoms with Crippen molar-refractivity contribution in [2.45, 2.75) is 52.1 Å². The first kappa shape index (κ1) is 21.2. The first-order valence-electron chi connectivity index (χ1n) is 10.8. The van der Waals surface area contributed by atoms with Crippen LogP contribution in [0.4, 0.5) is 0 Å². The summed E-state index contributed by atoms with van der Waals surface area (Å²) in [5.41, 5.74) is 4.60. The van der Waals surface area contributed by atoms with Gasteiger partial charge in [0.1, 0.15) is 0 Å². The number of hydrogen-bond acceptors (Lipinski definition) is 3. The van der Waals surface area contributed by atoms with Crippen LogP contribution in [0.15, 0.2) is 58.9 Å². The number of carbonyl (C=O) groups excluding carboxylic acids is 1. The molecule has 0 unspecified atom stereocenters. The second kappa shape index (κ2) is 9.43. The minimum Gasteiger partial charge on any atom is -0.348 e. The molecule has 2 N–H and O–H groups in total. The van der Waals surface area contributed by atoms with Gasteiger partial charge in [-0.15, -0.1) is 0 Å². The summed E-state index contributed by atoms with van der Waals surface area (Å²) in [6, 6.07) is 13.1. The van der Waals surface area contributed by atoms with Gasteiger partial charge in [-0.25, -0.2) is 0 Å². The van der Waals surface area contributed by atoms with Crippen LogP contribution in [0.25, 0.3) is 10.9 Å². The number of fused-ring (bicyclic) bond motifs is 1. The van der Waals surface area contributed by atoms with Crippen molar-refractivity contribution in [3.8, 4) is 0 Å². The second-order valence-electron chi connectivity index (χ2n) is 8.17. The van der Waals surface area contributed by atoms with Gasteiger partial charge in [-0.05, 0) is 75.0 Å². The maximum absolute atomic E-state index is 13.0. The molecule has 0 saturated carbocycles. The van der Waals surface area contributed by atoms with E-state index in [9.17, 15) is 9.59 Å². The van der Waals surface area contributed by atoms with E-state index in [2.05, 4.69) is 16.4 Å². The van der Waals surface area contributed by atoms with Crippen molar-refractivity contribution in [3.05, 3.63) is 85.9 Å². The molecule has 1 aromatic heterocycles. The molecule has 31 heavy (non-hydrogen) atoms. The number of allylic oxidation sites excluding steroid dienone is 2. The number of aromatic amines is 1. The number of carbonyl (C=O) groups is 1. The lowest BCUT2D eigenvalue weighted by Gasteiger charge is -2.14. The number of benzene rings is 2. The monoisotopic (exact) mass is 433 g/mol. The Morgan fingerprint density at radius 2 is 1.97 bits per heavy atom. The number of nitrogens with zero attached hydrogens (tertiary/aromatic N) is 1. The van der Waals surface area contributed by atoms with Crippen LogP contribution in [0.2, 0.25) is 0 Å². The third-order valence-electron chi connectivity index (χ3n) is 5.86. The molecule has 6 heteroatoms. The average molecular weight is 434 g/mol. The van der Waals surface area contributed by atoms with Gasteiger partial charge in [-0.3, -0.25) is 14.2 Å². The normalized spacial score (nSPS) is 13.8. The van der Waals surface area contributed by atoms with Gasteiger partial charge in [0, 0.05) is 18.7 Å². The summed E-state index contributed by atoms with van der Waals surface area (Å²) in [7, 11) is 0. The fourth-order valence-corrected chi connectivity index (χ4v) is 4.26. The topological polar surface area (TPSA) is 66.9 Å². The zero-order valence-electron chi connectivity index (χ0n) is 17.7. The van der Waals surface area contributed by atoms with Crippen molar-refractivity contribution in [2.24, 2.45) is 0 Å². The minimum absolute atomic E-state index is 0.109. The molecule has 4 rings (SSSR count). The van der Waals surface area contributed by atoms with E-state index in [-0.39, 0.29) is 11.5 Å². The molecular weight excluding hydrogens is 406 g/mol. The lowest BCUT2D eigenvalue weighted by Crippen LogP contribution is -2.24. The van der Waals surface area contributed by atoms with Crippen molar-refractivity contribution >= 4 is 29.0 Å². The summed E-state index contributed by atoms with van der Waals surface area (Å²) in [5.74, 6) is -0.185. The van der Waals surface area contributed by atoms with E-state index in [0.29, 0.717) is 34.3 Å². The number of hydrogen-bond donors (Lipinski definition) is 2. The summed E-state index contributed by atoms with van der Waals surface area (Å²) in [5, 5.41) is 3.47. The number of aryl methyl sites for hydroxylation is 1. The molecule has 0 atom stereocenters. The van der Waals surface area contributed by atoms with Gasteiger partial charge in [0.25, 0.3) is 11.5 Å². The van der Waals surface area contributed by atoms with Crippen molar-refractivity contribution in [1.82, 2.24) is 14.9 Å². The number of aromatic nitrogens is 2. The molecule has 2 aromatic carbocycles. The van der Waals surface area contributed by atoms with Crippen molar-refractivity contribution < 1.29 is 4.79 Å². The predicted molar refractivity (Wildman–Crippen MR) is 127 cm³/mol. The molecule has 160 valence electrons. The van der Waals surface area contributed by atoms with Gasteiger partial charge in [-0.2, -0.15) is 0 Å². The Morgan fingerprint density at radius 3 is 2.71 bits per heavy atom. The van der Waals surface area contributed by atoms with E-state index < -0.39 is 0 Å². The van der Waals surface area contributed by atoms with Gasteiger partial charge < -0.3 is 10.3 Å². The molecule has 0 fully saturated rings.